The molecule has 0 aliphatic heterocycles. The summed E-state index contributed by atoms with van der Waals surface area (Å²) in [6.07, 6.45) is -4.55. The Bertz CT molecular complexity index is 622. The predicted molar refractivity (Wildman–Crippen MR) is 94.7 cm³/mol. The SMILES string of the molecule is CC(C)N(C(=O)CN(C)CC(=O)Nc1ccccc1C(F)(F)F)C(C)C. The van der Waals surface area contributed by atoms with Crippen molar-refractivity contribution in [3.8, 4) is 0 Å². The molecule has 26 heavy (non-hydrogen) atoms. The number of rotatable bonds is 7. The van der Waals surface area contributed by atoms with Crippen molar-refractivity contribution >= 4 is 17.5 Å². The van der Waals surface area contributed by atoms with Gasteiger partial charge in [-0.3, -0.25) is 14.5 Å². The van der Waals surface area contributed by atoms with E-state index in [0.29, 0.717) is 0 Å². The standard InChI is InChI=1S/C18H26F3N3O2/c1-12(2)24(13(3)4)17(26)11-23(5)10-16(25)22-15-9-7-6-8-14(15)18(19,20)21/h6-9,12-13H,10-11H2,1-5H3,(H,22,25). The monoisotopic (exact) mass is 373 g/mol. The number of alkyl halides is 3. The van der Waals surface area contributed by atoms with Gasteiger partial charge in [0.05, 0.1) is 24.3 Å². The van der Waals surface area contributed by atoms with Crippen LogP contribution in [0.3, 0.4) is 0 Å². The molecule has 1 aromatic carbocycles. The van der Waals surface area contributed by atoms with Crippen LogP contribution in [-0.4, -0.2) is 53.8 Å². The van der Waals surface area contributed by atoms with Crippen LogP contribution in [0.25, 0.3) is 0 Å². The second kappa shape index (κ2) is 9.02. The van der Waals surface area contributed by atoms with Crippen molar-refractivity contribution < 1.29 is 22.8 Å². The number of hydrogen-bond acceptors (Lipinski definition) is 3. The molecule has 0 aliphatic carbocycles. The smallest absolute Gasteiger partial charge is 0.337 e. The van der Waals surface area contributed by atoms with E-state index in [1.165, 1.54) is 23.1 Å². The van der Waals surface area contributed by atoms with Crippen molar-refractivity contribution in [1.29, 1.82) is 0 Å². The first-order valence-electron chi connectivity index (χ1n) is 8.39. The van der Waals surface area contributed by atoms with E-state index in [4.69, 9.17) is 0 Å². The molecule has 0 heterocycles. The first kappa shape index (κ1) is 22.0. The molecule has 0 bridgehead atoms. The number of nitrogens with one attached hydrogen (secondary N) is 1. The lowest BCUT2D eigenvalue weighted by molar-refractivity contribution is -0.137. The molecule has 1 rings (SSSR count). The Balaban J connectivity index is 2.70. The van der Waals surface area contributed by atoms with Crippen molar-refractivity contribution in [1.82, 2.24) is 9.80 Å². The van der Waals surface area contributed by atoms with Crippen LogP contribution in [-0.2, 0) is 15.8 Å². The Morgan fingerprint density at radius 3 is 2.08 bits per heavy atom. The minimum Gasteiger partial charge on any atom is -0.337 e. The van der Waals surface area contributed by atoms with Gasteiger partial charge in [-0.1, -0.05) is 12.1 Å². The average molecular weight is 373 g/mol. The molecule has 0 unspecified atom stereocenters. The van der Waals surface area contributed by atoms with Gasteiger partial charge in [-0.25, -0.2) is 0 Å². The number of benzene rings is 1. The summed E-state index contributed by atoms with van der Waals surface area (Å²) >= 11 is 0. The number of para-hydroxylation sites is 1. The molecular weight excluding hydrogens is 347 g/mol. The molecular formula is C18H26F3N3O2. The van der Waals surface area contributed by atoms with Crippen LogP contribution in [0.2, 0.25) is 0 Å². The van der Waals surface area contributed by atoms with Crippen LogP contribution in [0.15, 0.2) is 24.3 Å². The Morgan fingerprint density at radius 2 is 1.58 bits per heavy atom. The topological polar surface area (TPSA) is 52.7 Å². The van der Waals surface area contributed by atoms with Gasteiger partial charge in [0, 0.05) is 12.1 Å². The lowest BCUT2D eigenvalue weighted by Crippen LogP contribution is -2.47. The molecule has 0 aromatic heterocycles. The van der Waals surface area contributed by atoms with Crippen LogP contribution < -0.4 is 5.32 Å². The summed E-state index contributed by atoms with van der Waals surface area (Å²) in [6.45, 7) is 7.42. The highest BCUT2D eigenvalue weighted by Crippen LogP contribution is 2.34. The van der Waals surface area contributed by atoms with Gasteiger partial charge in [0.1, 0.15) is 0 Å². The van der Waals surface area contributed by atoms with Gasteiger partial charge in [0.2, 0.25) is 11.8 Å². The van der Waals surface area contributed by atoms with Crippen LogP contribution in [0.1, 0.15) is 33.3 Å². The summed E-state index contributed by atoms with van der Waals surface area (Å²) in [5, 5.41) is 2.27. The summed E-state index contributed by atoms with van der Waals surface area (Å²) < 4.78 is 38.9. The third-order valence-electron chi connectivity index (χ3n) is 3.73. The summed E-state index contributed by atoms with van der Waals surface area (Å²) in [5.74, 6) is -0.751. The second-order valence-electron chi connectivity index (χ2n) is 6.75. The third kappa shape index (κ3) is 6.33. The number of anilines is 1. The number of halogens is 3. The molecule has 0 saturated heterocycles. The lowest BCUT2D eigenvalue weighted by Gasteiger charge is -2.32. The highest BCUT2D eigenvalue weighted by Gasteiger charge is 2.33. The van der Waals surface area contributed by atoms with Gasteiger partial charge in [0.15, 0.2) is 0 Å². The van der Waals surface area contributed by atoms with E-state index >= 15 is 0 Å². The molecule has 8 heteroatoms. The number of amides is 2. The lowest BCUT2D eigenvalue weighted by atomic mass is 10.1. The van der Waals surface area contributed by atoms with Crippen LogP contribution in [0, 0.1) is 0 Å². The van der Waals surface area contributed by atoms with E-state index in [2.05, 4.69) is 5.32 Å². The molecule has 0 aliphatic rings. The quantitative estimate of drug-likeness (QED) is 0.798. The van der Waals surface area contributed by atoms with Crippen molar-refractivity contribution in [3.63, 3.8) is 0 Å². The van der Waals surface area contributed by atoms with Gasteiger partial charge < -0.3 is 10.2 Å². The summed E-state index contributed by atoms with van der Waals surface area (Å²) in [4.78, 5) is 27.6. The fourth-order valence-electron chi connectivity index (χ4n) is 2.81. The first-order valence-corrected chi connectivity index (χ1v) is 8.39. The van der Waals surface area contributed by atoms with Gasteiger partial charge in [-0.05, 0) is 46.9 Å². The second-order valence-corrected chi connectivity index (χ2v) is 6.75. The Kier molecular flexibility index (Phi) is 7.62. The highest BCUT2D eigenvalue weighted by molar-refractivity contribution is 5.93. The molecule has 146 valence electrons. The molecule has 1 N–H and O–H groups in total. The van der Waals surface area contributed by atoms with Gasteiger partial charge in [-0.2, -0.15) is 13.2 Å². The van der Waals surface area contributed by atoms with E-state index in [0.717, 1.165) is 6.07 Å². The molecule has 2 amide bonds. The fourth-order valence-corrected chi connectivity index (χ4v) is 2.81. The number of carbonyl (C=O) groups is 2. The van der Waals surface area contributed by atoms with Gasteiger partial charge >= 0.3 is 6.18 Å². The van der Waals surface area contributed by atoms with Crippen molar-refractivity contribution in [3.05, 3.63) is 29.8 Å². The predicted octanol–water partition coefficient (Wildman–Crippen LogP) is 3.22. The highest BCUT2D eigenvalue weighted by atomic mass is 19.4. The minimum atomic E-state index is -4.55. The van der Waals surface area contributed by atoms with Crippen molar-refractivity contribution in [2.45, 2.75) is 46.0 Å². The molecule has 0 saturated carbocycles. The Hall–Kier alpha value is -2.09. The van der Waals surface area contributed by atoms with Gasteiger partial charge in [-0.15, -0.1) is 0 Å². The maximum absolute atomic E-state index is 13.0. The number of likely N-dealkylation sites (N-methyl/N-ethyl adjacent to an activating group) is 1. The first-order chi connectivity index (χ1) is 11.9. The average Bonchev–Trinajstić information content (AvgIpc) is 2.44. The van der Waals surface area contributed by atoms with Gasteiger partial charge in [0.25, 0.3) is 0 Å². The van der Waals surface area contributed by atoms with E-state index in [-0.39, 0.29) is 36.8 Å². The largest absolute Gasteiger partial charge is 0.418 e. The van der Waals surface area contributed by atoms with Crippen LogP contribution >= 0.6 is 0 Å². The summed E-state index contributed by atoms with van der Waals surface area (Å²) in [5.41, 5.74) is -1.20. The minimum absolute atomic E-state index is 0.00466. The maximum Gasteiger partial charge on any atom is 0.418 e. The zero-order chi connectivity index (χ0) is 20.1. The summed E-state index contributed by atoms with van der Waals surface area (Å²) in [6, 6.07) is 4.82. The van der Waals surface area contributed by atoms with Crippen molar-refractivity contribution in [2.75, 3.05) is 25.5 Å². The third-order valence-corrected chi connectivity index (χ3v) is 3.73. The molecule has 1 aromatic rings. The van der Waals surface area contributed by atoms with Crippen LogP contribution in [0.5, 0.6) is 0 Å². The van der Waals surface area contributed by atoms with E-state index in [1.54, 1.807) is 11.9 Å². The molecule has 0 fully saturated rings. The number of nitrogens with zero attached hydrogens (tertiary/aromatic N) is 2. The number of carbonyl (C=O) groups excluding carboxylic acids is 2. The van der Waals surface area contributed by atoms with E-state index in [9.17, 15) is 22.8 Å². The summed E-state index contributed by atoms with van der Waals surface area (Å²) in [7, 11) is 1.58. The number of hydrogen-bond donors (Lipinski definition) is 1. The Labute approximate surface area is 152 Å². The molecule has 5 nitrogen and oxygen atoms in total. The zero-order valence-corrected chi connectivity index (χ0v) is 15.7. The van der Waals surface area contributed by atoms with E-state index in [1.807, 2.05) is 27.7 Å². The van der Waals surface area contributed by atoms with Crippen molar-refractivity contribution in [2.24, 2.45) is 0 Å². The molecule has 0 radical (unpaired) electrons. The van der Waals surface area contributed by atoms with Crippen LogP contribution in [0.4, 0.5) is 18.9 Å². The zero-order valence-electron chi connectivity index (χ0n) is 15.7. The maximum atomic E-state index is 13.0. The molecule has 0 atom stereocenters. The Morgan fingerprint density at radius 1 is 1.04 bits per heavy atom. The normalized spacial score (nSPS) is 12.0. The fraction of sp³-hybridized carbons (Fsp3) is 0.556. The molecule has 0 spiro atoms. The van der Waals surface area contributed by atoms with E-state index < -0.39 is 17.6 Å².